The lowest BCUT2D eigenvalue weighted by Gasteiger charge is -2.43. The minimum absolute atomic E-state index is 0.0137. The summed E-state index contributed by atoms with van der Waals surface area (Å²) in [6.45, 7) is 7.03. The van der Waals surface area contributed by atoms with Gasteiger partial charge in [-0.15, -0.1) is 6.42 Å². The number of nitrogens with zero attached hydrogens (tertiary/aromatic N) is 5. The highest BCUT2D eigenvalue weighted by Crippen LogP contribution is 2.48. The molecular formula is C36H37ClF3N7O. The Hall–Kier alpha value is -3.85. The van der Waals surface area contributed by atoms with E-state index in [0.717, 1.165) is 25.8 Å². The van der Waals surface area contributed by atoms with Gasteiger partial charge >= 0.3 is 6.01 Å². The smallest absolute Gasteiger partial charge is 0.319 e. The molecule has 6 heterocycles. The highest BCUT2D eigenvalue weighted by Gasteiger charge is 2.49. The number of piperazine rings is 1. The molecule has 0 spiro atoms. The molecule has 0 aliphatic carbocycles. The van der Waals surface area contributed by atoms with Gasteiger partial charge in [0.1, 0.15) is 35.7 Å². The fourth-order valence-electron chi connectivity index (χ4n) is 8.65. The largest absolute Gasteiger partial charge is 0.461 e. The van der Waals surface area contributed by atoms with Gasteiger partial charge < -0.3 is 20.7 Å². The van der Waals surface area contributed by atoms with Gasteiger partial charge in [0.05, 0.1) is 32.8 Å². The molecule has 0 unspecified atom stereocenters. The highest BCUT2D eigenvalue weighted by atomic mass is 35.5. The van der Waals surface area contributed by atoms with E-state index in [1.165, 1.54) is 12.1 Å². The Morgan fingerprint density at radius 1 is 1.21 bits per heavy atom. The Labute approximate surface area is 282 Å². The van der Waals surface area contributed by atoms with E-state index in [1.807, 2.05) is 0 Å². The van der Waals surface area contributed by atoms with Gasteiger partial charge in [-0.25, -0.2) is 18.2 Å². The number of rotatable bonds is 5. The fourth-order valence-corrected chi connectivity index (χ4v) is 8.99. The number of hydrogen-bond acceptors (Lipinski definition) is 8. The van der Waals surface area contributed by atoms with Crippen molar-refractivity contribution in [1.82, 2.24) is 25.2 Å². The van der Waals surface area contributed by atoms with E-state index in [-0.39, 0.29) is 69.2 Å². The SMILES string of the molecule is C#Cc1c(F)ccc2cc(N)nc(-c3c(Cl)c4c5c(nc(OC[C@@]67CCCN6C[C@H](F)C7)nc5c3F)N3C[C@@H](CC)NC[C@@H]3[C@@H](C)C4)c12. The molecule has 12 heteroatoms. The molecule has 250 valence electrons. The zero-order chi connectivity index (χ0) is 33.5. The number of pyridine rings is 1. The van der Waals surface area contributed by atoms with E-state index >= 15 is 8.78 Å². The number of halogens is 4. The van der Waals surface area contributed by atoms with Gasteiger partial charge in [0.2, 0.25) is 0 Å². The highest BCUT2D eigenvalue weighted by molar-refractivity contribution is 6.36. The Morgan fingerprint density at radius 3 is 2.83 bits per heavy atom. The quantitative estimate of drug-likeness (QED) is 0.248. The second-order valence-electron chi connectivity index (χ2n) is 13.9. The Morgan fingerprint density at radius 2 is 2.04 bits per heavy atom. The van der Waals surface area contributed by atoms with Crippen LogP contribution in [0.4, 0.5) is 24.8 Å². The number of nitrogen functional groups attached to an aromatic ring is 1. The van der Waals surface area contributed by atoms with Crippen LogP contribution in [-0.2, 0) is 6.42 Å². The summed E-state index contributed by atoms with van der Waals surface area (Å²) in [7, 11) is 0. The van der Waals surface area contributed by atoms with E-state index in [1.54, 1.807) is 6.07 Å². The summed E-state index contributed by atoms with van der Waals surface area (Å²) in [5, 5.41) is 5.05. The number of anilines is 2. The van der Waals surface area contributed by atoms with Crippen LogP contribution in [-0.4, -0.2) is 76.4 Å². The van der Waals surface area contributed by atoms with E-state index in [9.17, 15) is 4.39 Å². The summed E-state index contributed by atoms with van der Waals surface area (Å²) < 4.78 is 53.4. The molecule has 5 atom stereocenters. The maximum atomic E-state index is 17.4. The normalized spacial score (nSPS) is 26.8. The first-order valence-electron chi connectivity index (χ1n) is 16.7. The van der Waals surface area contributed by atoms with Gasteiger partial charge in [0.15, 0.2) is 5.82 Å². The minimum Gasteiger partial charge on any atom is -0.461 e. The molecular weight excluding hydrogens is 639 g/mol. The van der Waals surface area contributed by atoms with E-state index in [2.05, 4.69) is 39.9 Å². The molecule has 3 fully saturated rings. The molecule has 4 aromatic rings. The van der Waals surface area contributed by atoms with Crippen LogP contribution in [0, 0.1) is 29.9 Å². The van der Waals surface area contributed by atoms with Crippen molar-refractivity contribution in [3.8, 4) is 29.6 Å². The van der Waals surface area contributed by atoms with Crippen molar-refractivity contribution >= 4 is 44.9 Å². The molecule has 3 N–H and O–H groups in total. The molecule has 0 saturated carbocycles. The van der Waals surface area contributed by atoms with E-state index < -0.39 is 23.3 Å². The van der Waals surface area contributed by atoms with Crippen LogP contribution in [0.25, 0.3) is 32.9 Å². The van der Waals surface area contributed by atoms with Crippen LogP contribution in [0.2, 0.25) is 5.02 Å². The lowest BCUT2D eigenvalue weighted by molar-refractivity contribution is 0.107. The third-order valence-corrected chi connectivity index (χ3v) is 11.5. The molecule has 8 rings (SSSR count). The van der Waals surface area contributed by atoms with Crippen LogP contribution >= 0.6 is 11.6 Å². The van der Waals surface area contributed by atoms with Crippen LogP contribution in [0.1, 0.15) is 50.7 Å². The van der Waals surface area contributed by atoms with Crippen molar-refractivity contribution in [2.24, 2.45) is 5.92 Å². The average Bonchev–Trinajstić information content (AvgIpc) is 3.56. The Balaban J connectivity index is 1.38. The Kier molecular flexibility index (Phi) is 7.62. The zero-order valence-electron chi connectivity index (χ0n) is 26.9. The minimum atomic E-state index is -0.923. The van der Waals surface area contributed by atoms with Gasteiger partial charge in [-0.1, -0.05) is 37.4 Å². The van der Waals surface area contributed by atoms with Gasteiger partial charge in [-0.2, -0.15) is 9.97 Å². The number of nitrogens with one attached hydrogen (secondary N) is 1. The summed E-state index contributed by atoms with van der Waals surface area (Å²) in [4.78, 5) is 18.6. The first-order chi connectivity index (χ1) is 23.1. The summed E-state index contributed by atoms with van der Waals surface area (Å²) in [6, 6.07) is 4.62. The van der Waals surface area contributed by atoms with E-state index in [0.29, 0.717) is 54.6 Å². The van der Waals surface area contributed by atoms with Gasteiger partial charge in [-0.3, -0.25) is 4.90 Å². The molecule has 0 radical (unpaired) electrons. The Bertz CT molecular complexity index is 2020. The van der Waals surface area contributed by atoms with Crippen molar-refractivity contribution in [2.75, 3.05) is 43.4 Å². The van der Waals surface area contributed by atoms with Crippen LogP contribution in [0.3, 0.4) is 0 Å². The van der Waals surface area contributed by atoms with Crippen LogP contribution < -0.4 is 20.7 Å². The predicted molar refractivity (Wildman–Crippen MR) is 182 cm³/mol. The lowest BCUT2D eigenvalue weighted by Crippen LogP contribution is -2.58. The molecule has 0 amide bonds. The predicted octanol–water partition coefficient (Wildman–Crippen LogP) is 6.04. The number of alkyl halides is 1. The standard InChI is InChI=1S/C36H37ClF3N7O/c1-4-21-16-47-25(14-42-21)18(3)11-23-28-33(44-35(45-34(28)47)48-17-36-9-6-10-46(36)15-20(38)13-36)31(40)29(30(23)37)32-27-19(12-26(41)43-32)7-8-24(39)22(27)5-2/h2,7-8,12,18,20-21,25,42H,4,6,9-11,13-17H2,1,3H3,(H2,41,43)/t18-,20+,21+,25+,36-/m0/s1. The molecule has 4 aliphatic rings. The summed E-state index contributed by atoms with van der Waals surface area (Å²) >= 11 is 7.25. The zero-order valence-corrected chi connectivity index (χ0v) is 27.7. The van der Waals surface area contributed by atoms with E-state index in [4.69, 9.17) is 38.5 Å². The van der Waals surface area contributed by atoms with Crippen molar-refractivity contribution in [3.05, 3.63) is 46.0 Å². The first kappa shape index (κ1) is 31.4. The maximum absolute atomic E-state index is 17.4. The number of nitrogens with two attached hydrogens (primary N) is 1. The molecule has 48 heavy (non-hydrogen) atoms. The van der Waals surface area contributed by atoms with Gasteiger partial charge in [0, 0.05) is 43.5 Å². The third-order valence-electron chi connectivity index (χ3n) is 11.0. The molecule has 8 nitrogen and oxygen atoms in total. The monoisotopic (exact) mass is 675 g/mol. The molecule has 0 bridgehead atoms. The van der Waals surface area contributed by atoms with Crippen molar-refractivity contribution in [1.29, 1.82) is 0 Å². The van der Waals surface area contributed by atoms with Crippen LogP contribution in [0.15, 0.2) is 18.2 Å². The van der Waals surface area contributed by atoms with Crippen molar-refractivity contribution in [2.45, 2.75) is 69.7 Å². The third kappa shape index (κ3) is 4.78. The molecule has 3 saturated heterocycles. The van der Waals surface area contributed by atoms with Crippen LogP contribution in [0.5, 0.6) is 6.01 Å². The number of hydrogen-bond donors (Lipinski definition) is 2. The van der Waals surface area contributed by atoms with Crippen molar-refractivity contribution in [3.63, 3.8) is 0 Å². The second kappa shape index (κ2) is 11.6. The van der Waals surface area contributed by atoms with Crippen molar-refractivity contribution < 1.29 is 17.9 Å². The number of aromatic nitrogens is 3. The number of terminal acetylenes is 1. The summed E-state index contributed by atoms with van der Waals surface area (Å²) in [6.07, 6.45) is 8.41. The first-order valence-corrected chi connectivity index (χ1v) is 17.1. The summed E-state index contributed by atoms with van der Waals surface area (Å²) in [5.41, 5.74) is 6.41. The fraction of sp³-hybridized carbons (Fsp3) is 0.472. The number of ether oxygens (including phenoxy) is 1. The molecule has 2 aromatic heterocycles. The average molecular weight is 676 g/mol. The van der Waals surface area contributed by atoms with Gasteiger partial charge in [-0.05, 0) is 61.2 Å². The second-order valence-corrected chi connectivity index (χ2v) is 14.3. The lowest BCUT2D eigenvalue weighted by atomic mass is 9.89. The number of benzene rings is 2. The molecule has 2 aromatic carbocycles. The summed E-state index contributed by atoms with van der Waals surface area (Å²) in [5.74, 6) is 1.77. The maximum Gasteiger partial charge on any atom is 0.319 e. The molecule has 4 aliphatic heterocycles. The number of fused-ring (bicyclic) bond motifs is 4. The topological polar surface area (TPSA) is 92.4 Å². The van der Waals surface area contributed by atoms with Gasteiger partial charge in [0.25, 0.3) is 0 Å².